The Morgan fingerprint density at radius 3 is 2.50 bits per heavy atom. The van der Waals surface area contributed by atoms with Crippen LogP contribution < -0.4 is 15.4 Å². The molecule has 0 unspecified atom stereocenters. The fraction of sp³-hybridized carbons (Fsp3) is 0.250. The first-order valence-electron chi connectivity index (χ1n) is 5.89. The Balaban J connectivity index is 2.47. The summed E-state index contributed by atoms with van der Waals surface area (Å²) in [7, 11) is 1.47. The summed E-state index contributed by atoms with van der Waals surface area (Å²) in [5, 5.41) is 5.05. The summed E-state index contributed by atoms with van der Waals surface area (Å²) >= 11 is 0.236. The zero-order valence-electron chi connectivity index (χ0n) is 11.5. The predicted molar refractivity (Wildman–Crippen MR) is 74.4 cm³/mol. The van der Waals surface area contributed by atoms with Gasteiger partial charge in [-0.1, -0.05) is 11.3 Å². The summed E-state index contributed by atoms with van der Waals surface area (Å²) in [5.41, 5.74) is 6.16. The van der Waals surface area contributed by atoms with Crippen LogP contribution in [0.1, 0.15) is 10.6 Å². The molecule has 0 aliphatic carbocycles. The number of nitrogens with zero attached hydrogens (tertiary/aromatic N) is 3. The second-order valence-corrected chi connectivity index (χ2v) is 5.17. The number of amides is 2. The minimum atomic E-state index is -4.63. The van der Waals surface area contributed by atoms with Crippen molar-refractivity contribution in [3.05, 3.63) is 28.8 Å². The van der Waals surface area contributed by atoms with E-state index in [1.54, 1.807) is 19.1 Å². The number of hydrogen-bond donors (Lipinski definition) is 1. The van der Waals surface area contributed by atoms with E-state index in [0.717, 1.165) is 4.90 Å². The van der Waals surface area contributed by atoms with Crippen molar-refractivity contribution in [3.63, 3.8) is 0 Å². The highest BCUT2D eigenvalue weighted by molar-refractivity contribution is 7.15. The number of aromatic nitrogens is 2. The van der Waals surface area contributed by atoms with Crippen molar-refractivity contribution in [2.24, 2.45) is 5.73 Å². The Labute approximate surface area is 127 Å². The number of ether oxygens (including phenoxy) is 1. The highest BCUT2D eigenvalue weighted by Crippen LogP contribution is 2.37. The number of methoxy groups -OCH3 is 1. The van der Waals surface area contributed by atoms with Crippen LogP contribution in [0.25, 0.3) is 0 Å². The third-order valence-electron chi connectivity index (χ3n) is 2.71. The Morgan fingerprint density at radius 1 is 1.36 bits per heavy atom. The van der Waals surface area contributed by atoms with Gasteiger partial charge in [0.15, 0.2) is 0 Å². The second kappa shape index (κ2) is 5.79. The molecule has 0 saturated carbocycles. The van der Waals surface area contributed by atoms with Crippen LogP contribution in [0, 0.1) is 6.92 Å². The summed E-state index contributed by atoms with van der Waals surface area (Å²) < 4.78 is 42.8. The molecule has 0 radical (unpaired) electrons. The van der Waals surface area contributed by atoms with Gasteiger partial charge in [-0.3, -0.25) is 0 Å². The van der Waals surface area contributed by atoms with Crippen molar-refractivity contribution >= 4 is 28.2 Å². The van der Waals surface area contributed by atoms with Crippen LogP contribution in [-0.2, 0) is 6.18 Å². The fourth-order valence-electron chi connectivity index (χ4n) is 1.74. The summed E-state index contributed by atoms with van der Waals surface area (Å²) in [6.07, 6.45) is -4.63. The lowest BCUT2D eigenvalue weighted by atomic mass is 10.2. The molecular formula is C12H11F3N4O2S. The quantitative estimate of drug-likeness (QED) is 0.936. The molecule has 0 fully saturated rings. The maximum atomic E-state index is 12.6. The molecule has 0 aliphatic rings. The van der Waals surface area contributed by atoms with Crippen LogP contribution in [0.5, 0.6) is 5.75 Å². The smallest absolute Gasteiger partial charge is 0.445 e. The van der Waals surface area contributed by atoms with E-state index in [1.165, 1.54) is 13.2 Å². The van der Waals surface area contributed by atoms with Gasteiger partial charge in [0, 0.05) is 0 Å². The van der Waals surface area contributed by atoms with Crippen LogP contribution in [0.15, 0.2) is 18.2 Å². The van der Waals surface area contributed by atoms with Gasteiger partial charge in [0.25, 0.3) is 0 Å². The van der Waals surface area contributed by atoms with Gasteiger partial charge >= 0.3 is 12.2 Å². The monoisotopic (exact) mass is 332 g/mol. The first kappa shape index (κ1) is 16.0. The standard InChI is InChI=1S/C12H11F3N4O2S/c1-6-5-7(21-2)3-4-8(6)19(10(16)20)11-18-17-9(22-11)12(13,14)15/h3-5H,1-2H3,(H2,16,20). The summed E-state index contributed by atoms with van der Waals surface area (Å²) in [6.45, 7) is 1.67. The molecule has 0 aliphatic heterocycles. The van der Waals surface area contributed by atoms with E-state index < -0.39 is 17.2 Å². The predicted octanol–water partition coefficient (Wildman–Crippen LogP) is 3.09. The summed E-state index contributed by atoms with van der Waals surface area (Å²) in [4.78, 5) is 12.5. The average Bonchev–Trinajstić information content (AvgIpc) is 2.90. The molecule has 1 aromatic carbocycles. The van der Waals surface area contributed by atoms with E-state index in [9.17, 15) is 18.0 Å². The molecule has 1 aromatic heterocycles. The third-order valence-corrected chi connectivity index (χ3v) is 3.67. The molecule has 0 atom stereocenters. The Kier molecular flexibility index (Phi) is 4.22. The molecule has 2 amide bonds. The minimum Gasteiger partial charge on any atom is -0.497 e. The van der Waals surface area contributed by atoms with Crippen LogP contribution >= 0.6 is 11.3 Å². The molecule has 6 nitrogen and oxygen atoms in total. The molecule has 0 spiro atoms. The molecule has 118 valence electrons. The summed E-state index contributed by atoms with van der Waals surface area (Å²) in [6, 6.07) is 3.73. The molecule has 0 bridgehead atoms. The number of carbonyl (C=O) groups excluding carboxylic acids is 1. The van der Waals surface area contributed by atoms with Crippen LogP contribution in [-0.4, -0.2) is 23.3 Å². The number of primary amides is 1. The van der Waals surface area contributed by atoms with E-state index in [4.69, 9.17) is 10.5 Å². The van der Waals surface area contributed by atoms with Crippen LogP contribution in [0.3, 0.4) is 0 Å². The lowest BCUT2D eigenvalue weighted by Gasteiger charge is -2.19. The van der Waals surface area contributed by atoms with E-state index in [1.807, 2.05) is 0 Å². The average molecular weight is 332 g/mol. The normalized spacial score (nSPS) is 11.3. The molecule has 1 heterocycles. The fourth-order valence-corrected chi connectivity index (χ4v) is 2.47. The maximum absolute atomic E-state index is 12.6. The Bertz CT molecular complexity index is 702. The number of rotatable bonds is 3. The topological polar surface area (TPSA) is 81.3 Å². The molecular weight excluding hydrogens is 321 g/mol. The van der Waals surface area contributed by atoms with Gasteiger partial charge in [0.05, 0.1) is 12.8 Å². The largest absolute Gasteiger partial charge is 0.497 e. The molecule has 2 N–H and O–H groups in total. The van der Waals surface area contributed by atoms with Crippen molar-refractivity contribution in [1.29, 1.82) is 0 Å². The first-order valence-corrected chi connectivity index (χ1v) is 6.70. The lowest BCUT2D eigenvalue weighted by Crippen LogP contribution is -2.31. The lowest BCUT2D eigenvalue weighted by molar-refractivity contribution is -0.138. The highest BCUT2D eigenvalue weighted by Gasteiger charge is 2.37. The van der Waals surface area contributed by atoms with Gasteiger partial charge in [0.2, 0.25) is 10.1 Å². The van der Waals surface area contributed by atoms with Gasteiger partial charge in [-0.05, 0) is 30.7 Å². The third kappa shape index (κ3) is 3.11. The van der Waals surface area contributed by atoms with E-state index in [2.05, 4.69) is 10.2 Å². The molecule has 10 heteroatoms. The summed E-state index contributed by atoms with van der Waals surface area (Å²) in [5.74, 6) is 0.541. The zero-order chi connectivity index (χ0) is 16.5. The second-order valence-electron chi connectivity index (χ2n) is 4.21. The number of halogens is 3. The van der Waals surface area contributed by atoms with E-state index in [-0.39, 0.29) is 16.5 Å². The molecule has 0 saturated heterocycles. The van der Waals surface area contributed by atoms with E-state index >= 15 is 0 Å². The molecule has 2 aromatic rings. The Morgan fingerprint density at radius 2 is 2.05 bits per heavy atom. The van der Waals surface area contributed by atoms with Gasteiger partial charge in [-0.25, -0.2) is 9.69 Å². The van der Waals surface area contributed by atoms with Gasteiger partial charge < -0.3 is 10.5 Å². The number of anilines is 2. The Hall–Kier alpha value is -2.36. The van der Waals surface area contributed by atoms with Crippen molar-refractivity contribution < 1.29 is 22.7 Å². The number of urea groups is 1. The van der Waals surface area contributed by atoms with Gasteiger partial charge in [-0.2, -0.15) is 13.2 Å². The van der Waals surface area contributed by atoms with Gasteiger partial charge in [-0.15, -0.1) is 10.2 Å². The van der Waals surface area contributed by atoms with Gasteiger partial charge in [0.1, 0.15) is 5.75 Å². The van der Waals surface area contributed by atoms with E-state index in [0.29, 0.717) is 17.0 Å². The number of carbonyl (C=O) groups is 1. The zero-order valence-corrected chi connectivity index (χ0v) is 12.3. The number of hydrogen-bond acceptors (Lipinski definition) is 5. The van der Waals surface area contributed by atoms with Crippen molar-refractivity contribution in [3.8, 4) is 5.75 Å². The number of aryl methyl sites for hydroxylation is 1. The highest BCUT2D eigenvalue weighted by atomic mass is 32.1. The maximum Gasteiger partial charge on any atom is 0.445 e. The number of nitrogens with two attached hydrogens (primary N) is 1. The van der Waals surface area contributed by atoms with Crippen molar-refractivity contribution in [2.75, 3.05) is 12.0 Å². The molecule has 2 rings (SSSR count). The molecule has 22 heavy (non-hydrogen) atoms. The van der Waals surface area contributed by atoms with Crippen LogP contribution in [0.4, 0.5) is 28.8 Å². The number of benzene rings is 1. The minimum absolute atomic E-state index is 0.236. The van der Waals surface area contributed by atoms with Crippen LogP contribution in [0.2, 0.25) is 0 Å². The van der Waals surface area contributed by atoms with Crippen molar-refractivity contribution in [2.45, 2.75) is 13.1 Å². The number of alkyl halides is 3. The van der Waals surface area contributed by atoms with Crippen molar-refractivity contribution in [1.82, 2.24) is 10.2 Å². The SMILES string of the molecule is COc1ccc(N(C(N)=O)c2nnc(C(F)(F)F)s2)c(C)c1. The first-order chi connectivity index (χ1) is 10.2.